The maximum Gasteiger partial charge on any atom is 0.263 e. The molecule has 148 valence electrons. The van der Waals surface area contributed by atoms with Crippen LogP contribution in [0, 0.1) is 0 Å². The second kappa shape index (κ2) is 8.55. The van der Waals surface area contributed by atoms with Gasteiger partial charge in [0, 0.05) is 23.4 Å². The van der Waals surface area contributed by atoms with Gasteiger partial charge in [-0.05, 0) is 42.5 Å². The van der Waals surface area contributed by atoms with Gasteiger partial charge >= 0.3 is 0 Å². The van der Waals surface area contributed by atoms with Crippen molar-refractivity contribution in [3.8, 4) is 0 Å². The van der Waals surface area contributed by atoms with Crippen LogP contribution in [-0.4, -0.2) is 18.0 Å². The van der Waals surface area contributed by atoms with Gasteiger partial charge in [-0.2, -0.15) is 0 Å². The molecule has 0 radical (unpaired) electrons. The number of amides is 1. The van der Waals surface area contributed by atoms with Crippen molar-refractivity contribution in [3.63, 3.8) is 0 Å². The number of rotatable bonds is 4. The summed E-state index contributed by atoms with van der Waals surface area (Å²) in [7, 11) is 0. The van der Waals surface area contributed by atoms with E-state index in [4.69, 9.17) is 0 Å². The highest BCUT2D eigenvalue weighted by Gasteiger charge is 2.46. The first-order valence-corrected chi connectivity index (χ1v) is 9.80. The molecule has 0 saturated heterocycles. The molecule has 1 heterocycles. The number of benzene rings is 1. The first-order valence-electron chi connectivity index (χ1n) is 9.80. The molecule has 1 aromatic carbocycles. The van der Waals surface area contributed by atoms with Crippen LogP contribution < -0.4 is 10.6 Å². The van der Waals surface area contributed by atoms with E-state index in [-0.39, 0.29) is 17.0 Å². The predicted octanol–water partition coefficient (Wildman–Crippen LogP) is 5.55. The molecular weight excluding hydrogens is 358 g/mol. The summed E-state index contributed by atoms with van der Waals surface area (Å²) in [5.41, 5.74) is 2.85. The molecule has 3 aliphatic rings. The summed E-state index contributed by atoms with van der Waals surface area (Å²) in [6.45, 7) is 4.33. The number of fused-ring (bicyclic) bond motifs is 1. The molecule has 1 aromatic rings. The lowest BCUT2D eigenvalue weighted by atomic mass is 10.00. The van der Waals surface area contributed by atoms with Crippen LogP contribution in [0.1, 0.15) is 50.7 Å². The van der Waals surface area contributed by atoms with Crippen molar-refractivity contribution in [1.82, 2.24) is 5.32 Å². The minimum atomic E-state index is -2.50. The van der Waals surface area contributed by atoms with Crippen molar-refractivity contribution in [2.24, 2.45) is 0 Å². The van der Waals surface area contributed by atoms with Crippen LogP contribution in [0.15, 0.2) is 59.7 Å². The zero-order valence-corrected chi connectivity index (χ0v) is 16.3. The molecule has 0 spiro atoms. The SMILES string of the molecule is CC.O=C(NC1(C2=CC=CCC=C2)CC1)C1=Cc2ccc(C(F)F)cc2NC1. The summed E-state index contributed by atoms with van der Waals surface area (Å²) in [5, 5.41) is 6.26. The number of nitrogens with one attached hydrogen (secondary N) is 2. The average Bonchev–Trinajstić information content (AvgIpc) is 3.52. The lowest BCUT2D eigenvalue weighted by molar-refractivity contribution is -0.118. The first-order chi connectivity index (χ1) is 13.6. The maximum atomic E-state index is 12.8. The third kappa shape index (κ3) is 4.24. The van der Waals surface area contributed by atoms with Crippen LogP contribution in [0.4, 0.5) is 14.5 Å². The van der Waals surface area contributed by atoms with Crippen molar-refractivity contribution in [2.45, 2.75) is 45.1 Å². The Morgan fingerprint density at radius 1 is 1.21 bits per heavy atom. The number of allylic oxidation sites excluding steroid dienone is 4. The molecule has 0 bridgehead atoms. The van der Waals surface area contributed by atoms with Crippen molar-refractivity contribution in [1.29, 1.82) is 0 Å². The number of halogens is 2. The van der Waals surface area contributed by atoms with Gasteiger partial charge in [0.2, 0.25) is 5.91 Å². The Morgan fingerprint density at radius 2 is 2.00 bits per heavy atom. The summed E-state index contributed by atoms with van der Waals surface area (Å²) in [6, 6.07) is 4.48. The fourth-order valence-electron chi connectivity index (χ4n) is 3.37. The summed E-state index contributed by atoms with van der Waals surface area (Å²) in [6.07, 6.45) is 12.4. The highest BCUT2D eigenvalue weighted by atomic mass is 19.3. The van der Waals surface area contributed by atoms with E-state index in [0.29, 0.717) is 17.8 Å². The maximum absolute atomic E-state index is 12.8. The molecule has 1 amide bonds. The van der Waals surface area contributed by atoms with Gasteiger partial charge in [0.15, 0.2) is 0 Å². The zero-order chi connectivity index (χ0) is 20.1. The molecule has 3 nitrogen and oxygen atoms in total. The highest BCUT2D eigenvalue weighted by Crippen LogP contribution is 2.43. The number of alkyl halides is 2. The Bertz CT molecular complexity index is 861. The van der Waals surface area contributed by atoms with E-state index in [9.17, 15) is 13.6 Å². The van der Waals surface area contributed by atoms with Crippen LogP contribution in [0.2, 0.25) is 0 Å². The summed E-state index contributed by atoms with van der Waals surface area (Å²) < 4.78 is 25.6. The average molecular weight is 384 g/mol. The van der Waals surface area contributed by atoms with Crippen LogP contribution in [0.3, 0.4) is 0 Å². The van der Waals surface area contributed by atoms with Crippen LogP contribution >= 0.6 is 0 Å². The van der Waals surface area contributed by atoms with E-state index in [2.05, 4.69) is 34.9 Å². The van der Waals surface area contributed by atoms with Gasteiger partial charge in [-0.3, -0.25) is 4.79 Å². The van der Waals surface area contributed by atoms with Gasteiger partial charge in [0.25, 0.3) is 6.43 Å². The third-order valence-electron chi connectivity index (χ3n) is 5.06. The molecule has 1 saturated carbocycles. The molecule has 0 unspecified atom stereocenters. The lowest BCUT2D eigenvalue weighted by Crippen LogP contribution is -2.40. The lowest BCUT2D eigenvalue weighted by Gasteiger charge is -2.23. The number of carbonyl (C=O) groups excluding carboxylic acids is 1. The highest BCUT2D eigenvalue weighted by molar-refractivity contribution is 6.01. The summed E-state index contributed by atoms with van der Waals surface area (Å²) in [4.78, 5) is 12.8. The molecule has 28 heavy (non-hydrogen) atoms. The molecule has 0 atom stereocenters. The minimum Gasteiger partial charge on any atom is -0.380 e. The second-order valence-electron chi connectivity index (χ2n) is 6.89. The molecule has 4 rings (SSSR count). The minimum absolute atomic E-state index is 0.0189. The molecule has 2 N–H and O–H groups in total. The zero-order valence-electron chi connectivity index (χ0n) is 16.3. The molecular formula is C23H26F2N2O. The van der Waals surface area contributed by atoms with E-state index in [1.165, 1.54) is 12.1 Å². The Morgan fingerprint density at radius 3 is 2.71 bits per heavy atom. The van der Waals surface area contributed by atoms with Gasteiger partial charge in [0.05, 0.1) is 5.54 Å². The second-order valence-corrected chi connectivity index (χ2v) is 6.89. The van der Waals surface area contributed by atoms with Gasteiger partial charge in [0.1, 0.15) is 0 Å². The number of carbonyl (C=O) groups is 1. The van der Waals surface area contributed by atoms with Gasteiger partial charge < -0.3 is 10.6 Å². The summed E-state index contributed by atoms with van der Waals surface area (Å²) in [5.74, 6) is -0.110. The molecule has 2 aliphatic carbocycles. The van der Waals surface area contributed by atoms with E-state index < -0.39 is 6.43 Å². The van der Waals surface area contributed by atoms with E-state index in [1.54, 1.807) is 12.1 Å². The van der Waals surface area contributed by atoms with Crippen LogP contribution in [-0.2, 0) is 4.79 Å². The van der Waals surface area contributed by atoms with Crippen molar-refractivity contribution >= 4 is 17.7 Å². The van der Waals surface area contributed by atoms with Gasteiger partial charge in [-0.25, -0.2) is 8.78 Å². The number of anilines is 1. The number of hydrogen-bond acceptors (Lipinski definition) is 2. The van der Waals surface area contributed by atoms with Crippen molar-refractivity contribution < 1.29 is 13.6 Å². The largest absolute Gasteiger partial charge is 0.380 e. The molecule has 5 heteroatoms. The smallest absolute Gasteiger partial charge is 0.263 e. The van der Waals surface area contributed by atoms with E-state index >= 15 is 0 Å². The molecule has 0 aromatic heterocycles. The van der Waals surface area contributed by atoms with Crippen LogP contribution in [0.5, 0.6) is 0 Å². The summed E-state index contributed by atoms with van der Waals surface area (Å²) >= 11 is 0. The fourth-order valence-corrected chi connectivity index (χ4v) is 3.37. The fraction of sp³-hybridized carbons (Fsp3) is 0.348. The van der Waals surface area contributed by atoms with Gasteiger partial charge in [-0.15, -0.1) is 0 Å². The molecule has 1 aliphatic heterocycles. The van der Waals surface area contributed by atoms with Gasteiger partial charge in [-0.1, -0.05) is 56.4 Å². The van der Waals surface area contributed by atoms with Crippen LogP contribution in [0.25, 0.3) is 6.08 Å². The quantitative estimate of drug-likeness (QED) is 0.714. The Kier molecular flexibility index (Phi) is 6.12. The first kappa shape index (κ1) is 20.1. The normalized spacial score (nSPS) is 18.6. The van der Waals surface area contributed by atoms with Crippen molar-refractivity contribution in [2.75, 3.05) is 11.9 Å². The monoisotopic (exact) mass is 384 g/mol. The number of hydrogen-bond donors (Lipinski definition) is 2. The predicted molar refractivity (Wildman–Crippen MR) is 110 cm³/mol. The van der Waals surface area contributed by atoms with Crippen molar-refractivity contribution in [3.05, 3.63) is 70.9 Å². The molecule has 1 fully saturated rings. The Hall–Kier alpha value is -2.69. The van der Waals surface area contributed by atoms with E-state index in [1.807, 2.05) is 19.9 Å². The third-order valence-corrected chi connectivity index (χ3v) is 5.06. The standard InChI is InChI=1S/C21H20F2N2O.C2H6/c22-19(23)15-8-7-14-11-16(13-24-18(14)12-15)20(26)25-21(9-10-21)17-5-3-1-2-4-6-17;1-2/h1,3-8,11-12,19,24H,2,9-10,13H2,(H,25,26);1-2H3. The topological polar surface area (TPSA) is 41.1 Å². The van der Waals surface area contributed by atoms with E-state index in [0.717, 1.165) is 30.4 Å². The Balaban J connectivity index is 0.00000109. The Labute approximate surface area is 164 Å².